The molecule has 0 N–H and O–H groups in total. The predicted molar refractivity (Wildman–Crippen MR) is 81.5 cm³/mol. The summed E-state index contributed by atoms with van der Waals surface area (Å²) in [5.41, 5.74) is 0.269. The molecular weight excluding hydrogens is 342 g/mol. The van der Waals surface area contributed by atoms with Crippen LogP contribution >= 0.6 is 11.6 Å². The third-order valence-corrected chi connectivity index (χ3v) is 5.32. The van der Waals surface area contributed by atoms with Crippen LogP contribution in [0.25, 0.3) is 0 Å². The van der Waals surface area contributed by atoms with Crippen LogP contribution in [-0.4, -0.2) is 31.3 Å². The Kier molecular flexibility index (Phi) is 3.83. The summed E-state index contributed by atoms with van der Waals surface area (Å²) in [5, 5.41) is 0.453. The van der Waals surface area contributed by atoms with Crippen molar-refractivity contribution in [2.24, 2.45) is 0 Å². The Morgan fingerprint density at radius 2 is 1.74 bits per heavy atom. The second kappa shape index (κ2) is 5.68. The third kappa shape index (κ3) is 2.69. The van der Waals surface area contributed by atoms with E-state index in [1.54, 1.807) is 6.07 Å². The van der Waals surface area contributed by atoms with E-state index in [4.69, 9.17) is 16.3 Å². The Morgan fingerprint density at radius 3 is 2.39 bits per heavy atom. The van der Waals surface area contributed by atoms with E-state index in [2.05, 4.69) is 0 Å². The van der Waals surface area contributed by atoms with Crippen molar-refractivity contribution in [3.05, 3.63) is 64.7 Å². The van der Waals surface area contributed by atoms with Gasteiger partial charge in [0.25, 0.3) is 15.9 Å². The molecule has 1 aliphatic rings. The lowest BCUT2D eigenvalue weighted by atomic mass is 10.2. The van der Waals surface area contributed by atoms with Crippen LogP contribution in [0.4, 0.5) is 0 Å². The predicted octanol–water partition coefficient (Wildman–Crippen LogP) is 2.30. The van der Waals surface area contributed by atoms with Crippen LogP contribution < -0.4 is 0 Å². The van der Waals surface area contributed by atoms with E-state index in [-0.39, 0.29) is 16.0 Å². The van der Waals surface area contributed by atoms with Crippen LogP contribution in [0, 0.1) is 0 Å². The zero-order valence-corrected chi connectivity index (χ0v) is 13.2. The monoisotopic (exact) mass is 351 g/mol. The highest BCUT2D eigenvalue weighted by Gasteiger charge is 2.41. The number of amides is 1. The minimum atomic E-state index is -3.99. The average Bonchev–Trinajstić information content (AvgIpc) is 2.73. The highest BCUT2D eigenvalue weighted by Crippen LogP contribution is 2.29. The van der Waals surface area contributed by atoms with Gasteiger partial charge in [0.15, 0.2) is 6.73 Å². The molecule has 23 heavy (non-hydrogen) atoms. The van der Waals surface area contributed by atoms with E-state index in [9.17, 15) is 18.0 Å². The fraction of sp³-hybridized carbons (Fsp3) is 0.0667. The van der Waals surface area contributed by atoms with Crippen LogP contribution in [0.5, 0.6) is 0 Å². The standard InChI is InChI=1S/C15H10ClNO5S/c16-11-7-5-10(6-8-11)15(19)22-9-17-14(18)12-3-1-2-4-13(12)23(17,20)21/h1-8H,9H2. The second-order valence-electron chi connectivity index (χ2n) is 4.72. The maximum Gasteiger partial charge on any atom is 0.339 e. The van der Waals surface area contributed by atoms with Gasteiger partial charge in [0.1, 0.15) is 4.90 Å². The Labute approximate surface area is 137 Å². The summed E-state index contributed by atoms with van der Waals surface area (Å²) in [5.74, 6) is -1.47. The first-order valence-electron chi connectivity index (χ1n) is 6.50. The van der Waals surface area contributed by atoms with Crippen LogP contribution in [0.3, 0.4) is 0 Å². The Bertz CT molecular complexity index is 892. The SMILES string of the molecule is O=C(OCN1C(=O)c2ccccc2S1(=O)=O)c1ccc(Cl)cc1. The average molecular weight is 352 g/mol. The van der Waals surface area contributed by atoms with Crippen molar-refractivity contribution in [1.82, 2.24) is 4.31 Å². The van der Waals surface area contributed by atoms with Gasteiger partial charge in [-0.15, -0.1) is 0 Å². The van der Waals surface area contributed by atoms with E-state index in [1.807, 2.05) is 0 Å². The molecule has 0 spiro atoms. The summed E-state index contributed by atoms with van der Waals surface area (Å²) < 4.78 is 30.0. The molecule has 0 atom stereocenters. The quantitative estimate of drug-likeness (QED) is 0.792. The van der Waals surface area contributed by atoms with Crippen molar-refractivity contribution in [2.75, 3.05) is 6.73 Å². The lowest BCUT2D eigenvalue weighted by Crippen LogP contribution is -2.33. The molecule has 3 rings (SSSR count). The Morgan fingerprint density at radius 1 is 1.09 bits per heavy atom. The van der Waals surface area contributed by atoms with Gasteiger partial charge < -0.3 is 4.74 Å². The van der Waals surface area contributed by atoms with Crippen molar-refractivity contribution >= 4 is 33.5 Å². The number of ether oxygens (including phenoxy) is 1. The van der Waals surface area contributed by atoms with Crippen LogP contribution in [-0.2, 0) is 14.8 Å². The van der Waals surface area contributed by atoms with Gasteiger partial charge in [-0.1, -0.05) is 23.7 Å². The number of rotatable bonds is 3. The van der Waals surface area contributed by atoms with E-state index < -0.39 is 28.6 Å². The highest BCUT2D eigenvalue weighted by molar-refractivity contribution is 7.90. The van der Waals surface area contributed by atoms with Gasteiger partial charge in [-0.05, 0) is 36.4 Å². The molecule has 1 aliphatic heterocycles. The fourth-order valence-electron chi connectivity index (χ4n) is 2.15. The molecule has 0 aliphatic carbocycles. The number of benzene rings is 2. The molecular formula is C15H10ClNO5S. The van der Waals surface area contributed by atoms with Crippen molar-refractivity contribution in [3.8, 4) is 0 Å². The zero-order chi connectivity index (χ0) is 16.6. The van der Waals surface area contributed by atoms with Gasteiger partial charge in [0, 0.05) is 5.02 Å². The molecule has 8 heteroatoms. The maximum absolute atomic E-state index is 12.3. The number of sulfonamides is 1. The summed E-state index contributed by atoms with van der Waals surface area (Å²) in [6.07, 6.45) is 0. The highest BCUT2D eigenvalue weighted by atomic mass is 35.5. The number of halogens is 1. The van der Waals surface area contributed by atoms with E-state index >= 15 is 0 Å². The molecule has 0 saturated heterocycles. The Hall–Kier alpha value is -2.38. The molecule has 1 heterocycles. The van der Waals surface area contributed by atoms with Crippen LogP contribution in [0.1, 0.15) is 20.7 Å². The summed E-state index contributed by atoms with van der Waals surface area (Å²) >= 11 is 5.72. The van der Waals surface area contributed by atoms with Crippen LogP contribution in [0.15, 0.2) is 53.4 Å². The minimum Gasteiger partial charge on any atom is -0.439 e. The molecule has 0 aromatic heterocycles. The van der Waals surface area contributed by atoms with Gasteiger partial charge in [-0.25, -0.2) is 13.2 Å². The second-order valence-corrected chi connectivity index (χ2v) is 6.99. The number of carbonyl (C=O) groups excluding carboxylic acids is 2. The largest absolute Gasteiger partial charge is 0.439 e. The summed E-state index contributed by atoms with van der Waals surface area (Å²) in [4.78, 5) is 24.0. The molecule has 6 nitrogen and oxygen atoms in total. The van der Waals surface area contributed by atoms with Gasteiger partial charge in [-0.3, -0.25) is 4.79 Å². The van der Waals surface area contributed by atoms with E-state index in [1.165, 1.54) is 42.5 Å². The molecule has 0 saturated carbocycles. The molecule has 2 aromatic carbocycles. The minimum absolute atomic E-state index is 0.0649. The smallest absolute Gasteiger partial charge is 0.339 e. The van der Waals surface area contributed by atoms with Crippen molar-refractivity contribution < 1.29 is 22.7 Å². The summed E-state index contributed by atoms with van der Waals surface area (Å²) in [6, 6.07) is 11.7. The topological polar surface area (TPSA) is 80.8 Å². The fourth-order valence-corrected chi connectivity index (χ4v) is 3.70. The maximum atomic E-state index is 12.3. The first kappa shape index (κ1) is 15.5. The first-order chi connectivity index (χ1) is 10.9. The van der Waals surface area contributed by atoms with Crippen molar-refractivity contribution in [3.63, 3.8) is 0 Å². The molecule has 0 radical (unpaired) electrons. The normalized spacial score (nSPS) is 15.3. The number of esters is 1. The Balaban J connectivity index is 1.78. The van der Waals surface area contributed by atoms with Crippen molar-refractivity contribution in [1.29, 1.82) is 0 Å². The first-order valence-corrected chi connectivity index (χ1v) is 8.32. The van der Waals surface area contributed by atoms with Crippen molar-refractivity contribution in [2.45, 2.75) is 4.90 Å². The zero-order valence-electron chi connectivity index (χ0n) is 11.6. The lowest BCUT2D eigenvalue weighted by Gasteiger charge is -2.15. The third-order valence-electron chi connectivity index (χ3n) is 3.30. The number of nitrogens with zero attached hydrogens (tertiary/aromatic N) is 1. The molecule has 0 fully saturated rings. The molecule has 1 amide bonds. The number of hydrogen-bond donors (Lipinski definition) is 0. The number of carbonyl (C=O) groups is 2. The van der Waals surface area contributed by atoms with Gasteiger partial charge >= 0.3 is 5.97 Å². The van der Waals surface area contributed by atoms with Gasteiger partial charge in [0.05, 0.1) is 11.1 Å². The van der Waals surface area contributed by atoms with Gasteiger partial charge in [0.2, 0.25) is 0 Å². The lowest BCUT2D eigenvalue weighted by molar-refractivity contribution is 0.0358. The molecule has 0 unspecified atom stereocenters. The molecule has 0 bridgehead atoms. The summed E-state index contributed by atoms with van der Waals surface area (Å²) in [6.45, 7) is -0.683. The van der Waals surface area contributed by atoms with E-state index in [0.29, 0.717) is 9.33 Å². The summed E-state index contributed by atoms with van der Waals surface area (Å²) in [7, 11) is -3.99. The number of fused-ring (bicyclic) bond motifs is 1. The van der Waals surface area contributed by atoms with Gasteiger partial charge in [-0.2, -0.15) is 4.31 Å². The molecule has 2 aromatic rings. The molecule has 118 valence electrons. The van der Waals surface area contributed by atoms with Crippen LogP contribution in [0.2, 0.25) is 5.02 Å². The van der Waals surface area contributed by atoms with E-state index in [0.717, 1.165) is 0 Å². The number of hydrogen-bond acceptors (Lipinski definition) is 5.